The van der Waals surface area contributed by atoms with Gasteiger partial charge >= 0.3 is 0 Å². The van der Waals surface area contributed by atoms with Crippen molar-refractivity contribution in [2.24, 2.45) is 0 Å². The van der Waals surface area contributed by atoms with E-state index in [1.165, 1.54) is 5.56 Å². The molecule has 1 aliphatic heterocycles. The number of hydrogen-bond donors (Lipinski definition) is 1. The normalized spacial score (nSPS) is 17.8. The molecule has 0 saturated carbocycles. The Labute approximate surface area is 97.1 Å². The summed E-state index contributed by atoms with van der Waals surface area (Å²) >= 11 is 0. The van der Waals surface area contributed by atoms with Crippen LogP contribution in [-0.2, 0) is 6.42 Å². The van der Waals surface area contributed by atoms with Gasteiger partial charge in [0.25, 0.3) is 0 Å². The third-order valence-corrected chi connectivity index (χ3v) is 3.22. The molecule has 1 saturated heterocycles. The largest absolute Gasteiger partial charge is 0.397 e. The van der Waals surface area contributed by atoms with Gasteiger partial charge in [-0.2, -0.15) is 0 Å². The van der Waals surface area contributed by atoms with Crippen LogP contribution in [0.5, 0.6) is 0 Å². The maximum absolute atomic E-state index is 5.86. The van der Waals surface area contributed by atoms with Crippen molar-refractivity contribution in [1.82, 2.24) is 9.88 Å². The van der Waals surface area contributed by atoms with Gasteiger partial charge in [0.15, 0.2) is 0 Å². The van der Waals surface area contributed by atoms with Gasteiger partial charge < -0.3 is 15.5 Å². The molecule has 2 N–H and O–H groups in total. The number of likely N-dealkylation sites (N-methyl/N-ethyl adjacent to an activating group) is 1. The van der Waals surface area contributed by atoms with Crippen molar-refractivity contribution < 1.29 is 0 Å². The molecule has 1 aliphatic rings. The molecule has 0 aliphatic carbocycles. The summed E-state index contributed by atoms with van der Waals surface area (Å²) in [5.41, 5.74) is 7.87. The number of hydrogen-bond acceptors (Lipinski definition) is 4. The minimum Gasteiger partial charge on any atom is -0.397 e. The average Bonchev–Trinajstić information content (AvgIpc) is 2.31. The molecule has 0 amide bonds. The van der Waals surface area contributed by atoms with E-state index in [9.17, 15) is 0 Å². The monoisotopic (exact) mass is 220 g/mol. The van der Waals surface area contributed by atoms with Crippen LogP contribution in [0.4, 0.5) is 11.5 Å². The number of nitrogens with two attached hydrogens (primary N) is 1. The first-order chi connectivity index (χ1) is 7.70. The Morgan fingerprint density at radius 3 is 2.62 bits per heavy atom. The van der Waals surface area contributed by atoms with Gasteiger partial charge in [0.1, 0.15) is 5.82 Å². The van der Waals surface area contributed by atoms with Crippen LogP contribution in [0, 0.1) is 0 Å². The van der Waals surface area contributed by atoms with Crippen molar-refractivity contribution in [3.05, 3.63) is 17.8 Å². The molecule has 88 valence electrons. The molecule has 16 heavy (non-hydrogen) atoms. The molecule has 1 aromatic rings. The van der Waals surface area contributed by atoms with Crippen LogP contribution in [0.15, 0.2) is 12.3 Å². The second-order valence-electron chi connectivity index (χ2n) is 4.39. The zero-order chi connectivity index (χ0) is 11.5. The lowest BCUT2D eigenvalue weighted by atomic mass is 10.1. The minimum atomic E-state index is 0.806. The summed E-state index contributed by atoms with van der Waals surface area (Å²) in [5.74, 6) is 1.07. The smallest absolute Gasteiger partial charge is 0.128 e. The Hall–Kier alpha value is -1.29. The number of nitrogens with zero attached hydrogens (tertiary/aromatic N) is 3. The number of aromatic nitrogens is 1. The first-order valence-electron chi connectivity index (χ1n) is 5.88. The molecule has 1 fully saturated rings. The van der Waals surface area contributed by atoms with E-state index in [0.29, 0.717) is 0 Å². The quantitative estimate of drug-likeness (QED) is 0.807. The van der Waals surface area contributed by atoms with Gasteiger partial charge in [0.2, 0.25) is 0 Å². The summed E-state index contributed by atoms with van der Waals surface area (Å²) < 4.78 is 0. The first kappa shape index (κ1) is 11.2. The van der Waals surface area contributed by atoms with Crippen LogP contribution < -0.4 is 10.6 Å². The van der Waals surface area contributed by atoms with Crippen LogP contribution >= 0.6 is 0 Å². The summed E-state index contributed by atoms with van der Waals surface area (Å²) in [6.45, 7) is 6.44. The topological polar surface area (TPSA) is 45.4 Å². The first-order valence-corrected chi connectivity index (χ1v) is 5.88. The van der Waals surface area contributed by atoms with Gasteiger partial charge in [-0.3, -0.25) is 0 Å². The van der Waals surface area contributed by atoms with Crippen molar-refractivity contribution in [3.63, 3.8) is 0 Å². The minimum absolute atomic E-state index is 0.806. The maximum Gasteiger partial charge on any atom is 0.128 e. The molecule has 0 radical (unpaired) electrons. The summed E-state index contributed by atoms with van der Waals surface area (Å²) in [5, 5.41) is 0. The van der Waals surface area contributed by atoms with E-state index in [4.69, 9.17) is 5.73 Å². The lowest BCUT2D eigenvalue weighted by Gasteiger charge is -2.33. The lowest BCUT2D eigenvalue weighted by molar-refractivity contribution is 0.312. The van der Waals surface area contributed by atoms with Crippen LogP contribution in [-0.4, -0.2) is 43.1 Å². The highest BCUT2D eigenvalue weighted by Crippen LogP contribution is 2.19. The third kappa shape index (κ3) is 2.27. The standard InChI is InChI=1S/C12H20N4/c1-3-10-8-12(14-9-11(10)13)16-6-4-15(2)5-7-16/h8-9H,3-7,13H2,1-2H3. The van der Waals surface area contributed by atoms with E-state index >= 15 is 0 Å². The fourth-order valence-corrected chi connectivity index (χ4v) is 2.01. The molecule has 4 heteroatoms. The van der Waals surface area contributed by atoms with E-state index in [2.05, 4.69) is 34.8 Å². The van der Waals surface area contributed by atoms with Gasteiger partial charge in [0, 0.05) is 26.2 Å². The molecule has 0 unspecified atom stereocenters. The molecule has 4 nitrogen and oxygen atoms in total. The third-order valence-electron chi connectivity index (χ3n) is 3.22. The molecule has 0 bridgehead atoms. The van der Waals surface area contributed by atoms with Crippen molar-refractivity contribution in [2.45, 2.75) is 13.3 Å². The molecule has 2 heterocycles. The zero-order valence-electron chi connectivity index (χ0n) is 10.1. The van der Waals surface area contributed by atoms with E-state index in [1.807, 2.05) is 0 Å². The van der Waals surface area contributed by atoms with Crippen LogP contribution in [0.25, 0.3) is 0 Å². The highest BCUT2D eigenvalue weighted by Gasteiger charge is 2.15. The van der Waals surface area contributed by atoms with E-state index < -0.39 is 0 Å². The Bertz CT molecular complexity index is 356. The molecular weight excluding hydrogens is 200 g/mol. The Kier molecular flexibility index (Phi) is 3.29. The van der Waals surface area contributed by atoms with Crippen molar-refractivity contribution in [1.29, 1.82) is 0 Å². The average molecular weight is 220 g/mol. The number of piperazine rings is 1. The Morgan fingerprint density at radius 2 is 2.00 bits per heavy atom. The number of rotatable bonds is 2. The molecule has 0 spiro atoms. The van der Waals surface area contributed by atoms with E-state index in [-0.39, 0.29) is 0 Å². The van der Waals surface area contributed by atoms with E-state index in [1.54, 1.807) is 6.20 Å². The summed E-state index contributed by atoms with van der Waals surface area (Å²) in [4.78, 5) is 9.09. The highest BCUT2D eigenvalue weighted by atomic mass is 15.3. The van der Waals surface area contributed by atoms with Crippen molar-refractivity contribution in [2.75, 3.05) is 43.9 Å². The van der Waals surface area contributed by atoms with Gasteiger partial charge in [-0.25, -0.2) is 4.98 Å². The number of aryl methyl sites for hydroxylation is 1. The Balaban J connectivity index is 2.14. The van der Waals surface area contributed by atoms with Gasteiger partial charge in [-0.15, -0.1) is 0 Å². The second kappa shape index (κ2) is 4.70. The predicted molar refractivity (Wildman–Crippen MR) is 67.7 cm³/mol. The molecule has 0 atom stereocenters. The Morgan fingerprint density at radius 1 is 1.31 bits per heavy atom. The summed E-state index contributed by atoms with van der Waals surface area (Å²) in [7, 11) is 2.16. The lowest BCUT2D eigenvalue weighted by Crippen LogP contribution is -2.44. The number of anilines is 2. The van der Waals surface area contributed by atoms with Crippen LogP contribution in [0.1, 0.15) is 12.5 Å². The fraction of sp³-hybridized carbons (Fsp3) is 0.583. The van der Waals surface area contributed by atoms with Crippen LogP contribution in [0.2, 0.25) is 0 Å². The van der Waals surface area contributed by atoms with Crippen LogP contribution in [0.3, 0.4) is 0 Å². The van der Waals surface area contributed by atoms with Crippen molar-refractivity contribution in [3.8, 4) is 0 Å². The van der Waals surface area contributed by atoms with Crippen molar-refractivity contribution >= 4 is 11.5 Å². The molecule has 1 aromatic heterocycles. The zero-order valence-corrected chi connectivity index (χ0v) is 10.1. The SMILES string of the molecule is CCc1cc(N2CCN(C)CC2)ncc1N. The van der Waals surface area contributed by atoms with Gasteiger partial charge in [-0.05, 0) is 25.1 Å². The maximum atomic E-state index is 5.86. The molecule has 0 aromatic carbocycles. The molecular formula is C12H20N4. The number of nitrogen functional groups attached to an aromatic ring is 1. The number of pyridine rings is 1. The fourth-order valence-electron chi connectivity index (χ4n) is 2.01. The van der Waals surface area contributed by atoms with Gasteiger partial charge in [-0.1, -0.05) is 6.92 Å². The summed E-state index contributed by atoms with van der Waals surface area (Å²) in [6, 6.07) is 2.13. The molecule has 2 rings (SSSR count). The highest BCUT2D eigenvalue weighted by molar-refractivity contribution is 5.53. The second-order valence-corrected chi connectivity index (χ2v) is 4.39. The van der Waals surface area contributed by atoms with Gasteiger partial charge in [0.05, 0.1) is 11.9 Å². The summed E-state index contributed by atoms with van der Waals surface area (Å²) in [6.07, 6.45) is 2.75. The predicted octanol–water partition coefficient (Wildman–Crippen LogP) is 0.978. The van der Waals surface area contributed by atoms with E-state index in [0.717, 1.165) is 44.1 Å².